The lowest BCUT2D eigenvalue weighted by atomic mass is 10.2. The van der Waals surface area contributed by atoms with E-state index in [2.05, 4.69) is 15.1 Å². The second-order valence-electron chi connectivity index (χ2n) is 6.07. The smallest absolute Gasteiger partial charge is 0.257 e. The van der Waals surface area contributed by atoms with E-state index in [1.165, 1.54) is 15.6 Å². The van der Waals surface area contributed by atoms with Gasteiger partial charge in [-0.1, -0.05) is 11.2 Å². The van der Waals surface area contributed by atoms with E-state index in [-0.39, 0.29) is 18.9 Å². The first-order chi connectivity index (χ1) is 13.1. The number of aromatic nitrogens is 3. The SMILES string of the molecule is O=S(=O)(CCc1ccncc1)N1CCO[C@H](c2nc(-c3cccs3)no2)C1. The third-order valence-corrected chi connectivity index (χ3v) is 6.98. The lowest BCUT2D eigenvalue weighted by molar-refractivity contribution is -0.0199. The largest absolute Gasteiger partial charge is 0.366 e. The fraction of sp³-hybridized carbons (Fsp3) is 0.353. The van der Waals surface area contributed by atoms with Crippen molar-refractivity contribution in [3.63, 3.8) is 0 Å². The van der Waals surface area contributed by atoms with Crippen LogP contribution in [0.3, 0.4) is 0 Å². The van der Waals surface area contributed by atoms with Crippen LogP contribution in [-0.2, 0) is 21.2 Å². The van der Waals surface area contributed by atoms with Gasteiger partial charge >= 0.3 is 0 Å². The average Bonchev–Trinajstić information content (AvgIpc) is 3.39. The number of ether oxygens (including phenoxy) is 1. The van der Waals surface area contributed by atoms with Gasteiger partial charge in [-0.3, -0.25) is 4.98 Å². The number of nitrogens with zero attached hydrogens (tertiary/aromatic N) is 4. The summed E-state index contributed by atoms with van der Waals surface area (Å²) in [5, 5.41) is 5.90. The summed E-state index contributed by atoms with van der Waals surface area (Å²) in [4.78, 5) is 9.20. The molecule has 0 amide bonds. The molecule has 0 radical (unpaired) electrons. The van der Waals surface area contributed by atoms with Crippen molar-refractivity contribution in [3.05, 3.63) is 53.5 Å². The topological polar surface area (TPSA) is 98.4 Å². The monoisotopic (exact) mass is 406 g/mol. The van der Waals surface area contributed by atoms with Crippen LogP contribution < -0.4 is 0 Å². The molecule has 1 atom stereocenters. The standard InChI is InChI=1S/C17H18N4O4S2/c22-27(23,11-5-13-3-6-18-7-4-13)21-8-9-24-14(12-21)17-19-16(20-25-17)15-2-1-10-26-15/h1-4,6-7,10,14H,5,8-9,11-12H2/t14-/m0/s1. The highest BCUT2D eigenvalue weighted by Gasteiger charge is 2.33. The van der Waals surface area contributed by atoms with Crippen LogP contribution in [0.1, 0.15) is 17.6 Å². The van der Waals surface area contributed by atoms with Gasteiger partial charge in [0.2, 0.25) is 15.8 Å². The van der Waals surface area contributed by atoms with Crippen molar-refractivity contribution < 1.29 is 17.7 Å². The molecule has 3 aromatic rings. The highest BCUT2D eigenvalue weighted by molar-refractivity contribution is 7.89. The van der Waals surface area contributed by atoms with Gasteiger partial charge in [0, 0.05) is 25.5 Å². The third-order valence-electron chi connectivity index (χ3n) is 4.28. The summed E-state index contributed by atoms with van der Waals surface area (Å²) in [6, 6.07) is 7.45. The summed E-state index contributed by atoms with van der Waals surface area (Å²) in [6.45, 7) is 0.779. The van der Waals surface area contributed by atoms with Crippen LogP contribution in [0.4, 0.5) is 0 Å². The van der Waals surface area contributed by atoms with Crippen molar-refractivity contribution in [1.29, 1.82) is 0 Å². The molecule has 8 nitrogen and oxygen atoms in total. The predicted octanol–water partition coefficient (Wildman–Crippen LogP) is 2.14. The van der Waals surface area contributed by atoms with Gasteiger partial charge in [0.25, 0.3) is 5.89 Å². The minimum absolute atomic E-state index is 0.0357. The van der Waals surface area contributed by atoms with E-state index < -0.39 is 16.1 Å². The molecule has 1 saturated heterocycles. The molecule has 142 valence electrons. The van der Waals surface area contributed by atoms with Gasteiger partial charge in [0.05, 0.1) is 17.2 Å². The Morgan fingerprint density at radius 2 is 2.11 bits per heavy atom. The van der Waals surface area contributed by atoms with Gasteiger partial charge in [-0.05, 0) is 35.6 Å². The van der Waals surface area contributed by atoms with Gasteiger partial charge in [-0.2, -0.15) is 9.29 Å². The molecule has 0 saturated carbocycles. The molecule has 0 bridgehead atoms. The van der Waals surface area contributed by atoms with Crippen molar-refractivity contribution in [2.24, 2.45) is 0 Å². The Labute approximate surface area is 160 Å². The summed E-state index contributed by atoms with van der Waals surface area (Å²) in [6.07, 6.45) is 3.20. The molecule has 3 aromatic heterocycles. The molecular weight excluding hydrogens is 388 g/mol. The summed E-state index contributed by atoms with van der Waals surface area (Å²) >= 11 is 1.51. The van der Waals surface area contributed by atoms with Gasteiger partial charge in [0.1, 0.15) is 0 Å². The molecule has 1 aliphatic rings. The van der Waals surface area contributed by atoms with E-state index in [0.29, 0.717) is 24.7 Å². The second-order valence-corrected chi connectivity index (χ2v) is 9.11. The molecule has 0 aromatic carbocycles. The number of hydrogen-bond acceptors (Lipinski definition) is 8. The first kappa shape index (κ1) is 18.2. The van der Waals surface area contributed by atoms with Gasteiger partial charge in [-0.25, -0.2) is 8.42 Å². The maximum atomic E-state index is 12.7. The molecule has 4 rings (SSSR count). The molecule has 0 aliphatic carbocycles. The molecule has 4 heterocycles. The van der Waals surface area contributed by atoms with Crippen LogP contribution >= 0.6 is 11.3 Å². The molecule has 0 spiro atoms. The number of thiophene rings is 1. The zero-order chi connectivity index (χ0) is 18.7. The van der Waals surface area contributed by atoms with E-state index in [0.717, 1.165) is 10.4 Å². The molecule has 10 heteroatoms. The minimum atomic E-state index is -3.41. The molecule has 1 aliphatic heterocycles. The summed E-state index contributed by atoms with van der Waals surface area (Å²) < 4.78 is 37.9. The fourth-order valence-corrected chi connectivity index (χ4v) is 4.94. The van der Waals surface area contributed by atoms with E-state index in [1.54, 1.807) is 12.4 Å². The van der Waals surface area contributed by atoms with Crippen LogP contribution in [0.15, 0.2) is 46.6 Å². The minimum Gasteiger partial charge on any atom is -0.366 e. The van der Waals surface area contributed by atoms with E-state index in [4.69, 9.17) is 9.26 Å². The Kier molecular flexibility index (Phi) is 5.30. The first-order valence-electron chi connectivity index (χ1n) is 8.47. The zero-order valence-corrected chi connectivity index (χ0v) is 16.0. The number of aryl methyl sites for hydroxylation is 1. The highest BCUT2D eigenvalue weighted by Crippen LogP contribution is 2.27. The zero-order valence-electron chi connectivity index (χ0n) is 14.4. The fourth-order valence-electron chi connectivity index (χ4n) is 2.82. The second kappa shape index (κ2) is 7.85. The number of pyridine rings is 1. The highest BCUT2D eigenvalue weighted by atomic mass is 32.2. The van der Waals surface area contributed by atoms with Crippen molar-refractivity contribution >= 4 is 21.4 Å². The van der Waals surface area contributed by atoms with Gasteiger partial charge in [-0.15, -0.1) is 11.3 Å². The number of morpholine rings is 1. The third kappa shape index (κ3) is 4.24. The Balaban J connectivity index is 1.43. The van der Waals surface area contributed by atoms with Crippen LogP contribution in [0.2, 0.25) is 0 Å². The maximum Gasteiger partial charge on any atom is 0.257 e. The van der Waals surface area contributed by atoms with Crippen molar-refractivity contribution in [2.45, 2.75) is 12.5 Å². The summed E-state index contributed by atoms with van der Waals surface area (Å²) in [7, 11) is -3.41. The summed E-state index contributed by atoms with van der Waals surface area (Å²) in [5.74, 6) is 0.822. The molecular formula is C17H18N4O4S2. The van der Waals surface area contributed by atoms with Crippen molar-refractivity contribution in [3.8, 4) is 10.7 Å². The van der Waals surface area contributed by atoms with Crippen LogP contribution in [0.25, 0.3) is 10.7 Å². The van der Waals surface area contributed by atoms with Crippen LogP contribution in [0.5, 0.6) is 0 Å². The van der Waals surface area contributed by atoms with Crippen LogP contribution in [0, 0.1) is 0 Å². The van der Waals surface area contributed by atoms with Gasteiger partial charge in [0.15, 0.2) is 6.10 Å². The molecule has 1 fully saturated rings. The van der Waals surface area contributed by atoms with E-state index in [1.807, 2.05) is 29.6 Å². The van der Waals surface area contributed by atoms with E-state index in [9.17, 15) is 8.42 Å². The van der Waals surface area contributed by atoms with E-state index >= 15 is 0 Å². The van der Waals surface area contributed by atoms with Crippen molar-refractivity contribution in [2.75, 3.05) is 25.4 Å². The Bertz CT molecular complexity index is 974. The quantitative estimate of drug-likeness (QED) is 0.618. The molecule has 27 heavy (non-hydrogen) atoms. The number of rotatable bonds is 6. The number of sulfonamides is 1. The van der Waals surface area contributed by atoms with Crippen molar-refractivity contribution in [1.82, 2.24) is 19.4 Å². The lowest BCUT2D eigenvalue weighted by Crippen LogP contribution is -2.43. The normalized spacial score (nSPS) is 18.6. The molecule has 0 unspecified atom stereocenters. The Morgan fingerprint density at radius 3 is 2.89 bits per heavy atom. The first-order valence-corrected chi connectivity index (χ1v) is 11.0. The Morgan fingerprint density at radius 1 is 1.26 bits per heavy atom. The Hall–Kier alpha value is -2.14. The number of hydrogen-bond donors (Lipinski definition) is 0. The summed E-state index contributed by atoms with van der Waals surface area (Å²) in [5.41, 5.74) is 0.941. The lowest BCUT2D eigenvalue weighted by Gasteiger charge is -2.30. The average molecular weight is 406 g/mol. The predicted molar refractivity (Wildman–Crippen MR) is 99.6 cm³/mol. The molecule has 0 N–H and O–H groups in total. The van der Waals surface area contributed by atoms with Crippen LogP contribution in [-0.4, -0.2) is 53.3 Å². The van der Waals surface area contributed by atoms with Gasteiger partial charge < -0.3 is 9.26 Å². The maximum absolute atomic E-state index is 12.7.